The fourth-order valence-corrected chi connectivity index (χ4v) is 4.09. The molecule has 4 aromatic rings. The number of aromatic nitrogens is 1. The number of rotatable bonds is 4. The predicted octanol–water partition coefficient (Wildman–Crippen LogP) is 7.40. The summed E-state index contributed by atoms with van der Waals surface area (Å²) in [6.07, 6.45) is 1.62. The molecule has 0 bridgehead atoms. The summed E-state index contributed by atoms with van der Waals surface area (Å²) in [7, 11) is 0. The van der Waals surface area contributed by atoms with Crippen LogP contribution in [0.25, 0.3) is 10.9 Å². The number of nitrogens with zero attached hydrogens (tertiary/aromatic N) is 1. The van der Waals surface area contributed by atoms with Gasteiger partial charge < -0.3 is 16.0 Å². The van der Waals surface area contributed by atoms with Gasteiger partial charge in [-0.15, -0.1) is 0 Å². The molecule has 3 aromatic carbocycles. The highest BCUT2D eigenvalue weighted by Gasteiger charge is 2.17. The van der Waals surface area contributed by atoms with Gasteiger partial charge in [-0.25, -0.2) is 4.79 Å². The lowest BCUT2D eigenvalue weighted by Gasteiger charge is -2.15. The molecule has 0 unspecified atom stereocenters. The van der Waals surface area contributed by atoms with Gasteiger partial charge in [0.05, 0.1) is 32.5 Å². The van der Waals surface area contributed by atoms with E-state index >= 15 is 0 Å². The molecule has 0 aliphatic rings. The molecule has 166 valence electrons. The molecule has 0 radical (unpaired) electrons. The van der Waals surface area contributed by atoms with Gasteiger partial charge in [-0.3, -0.25) is 9.78 Å². The van der Waals surface area contributed by atoms with E-state index in [0.29, 0.717) is 33.0 Å². The Morgan fingerprint density at radius 2 is 1.55 bits per heavy atom. The zero-order chi connectivity index (χ0) is 23.5. The third-order valence-corrected chi connectivity index (χ3v) is 5.71. The first kappa shape index (κ1) is 22.9. The number of urea groups is 1. The second-order valence-corrected chi connectivity index (χ2v) is 8.41. The standard InChI is InChI=1S/C24H17Cl3N4O2/c1-13-12-28-22-16(21(13)31-24(33)29-15-6-2-5-14(25)11-15)7-3-10-19(22)30-23(32)20-17(26)8-4-9-18(20)27/h2-12H,1H3,(H,30,32)(H2,28,29,31,33). The number of amides is 3. The van der Waals surface area contributed by atoms with Gasteiger partial charge in [-0.1, -0.05) is 59.1 Å². The van der Waals surface area contributed by atoms with Gasteiger partial charge in [0.25, 0.3) is 5.91 Å². The molecule has 0 saturated heterocycles. The second kappa shape index (κ2) is 9.67. The van der Waals surface area contributed by atoms with Crippen LogP contribution in [0.4, 0.5) is 21.9 Å². The lowest BCUT2D eigenvalue weighted by molar-refractivity contribution is 0.102. The first-order valence-electron chi connectivity index (χ1n) is 9.81. The fraction of sp³-hybridized carbons (Fsp3) is 0.0417. The maximum Gasteiger partial charge on any atom is 0.323 e. The molecule has 0 aliphatic heterocycles. The van der Waals surface area contributed by atoms with E-state index < -0.39 is 11.9 Å². The van der Waals surface area contributed by atoms with Crippen molar-refractivity contribution >= 4 is 74.7 Å². The molecule has 0 fully saturated rings. The van der Waals surface area contributed by atoms with Gasteiger partial charge in [0.1, 0.15) is 0 Å². The van der Waals surface area contributed by atoms with E-state index in [4.69, 9.17) is 34.8 Å². The van der Waals surface area contributed by atoms with Crippen molar-refractivity contribution in [3.63, 3.8) is 0 Å². The van der Waals surface area contributed by atoms with E-state index in [1.54, 1.807) is 60.8 Å². The second-order valence-electron chi connectivity index (χ2n) is 7.16. The van der Waals surface area contributed by atoms with Crippen LogP contribution in [0.15, 0.2) is 66.9 Å². The minimum atomic E-state index is -0.464. The zero-order valence-corrected chi connectivity index (χ0v) is 19.5. The summed E-state index contributed by atoms with van der Waals surface area (Å²) in [6, 6.07) is 16.5. The van der Waals surface area contributed by atoms with Crippen LogP contribution in [0.3, 0.4) is 0 Å². The molecular formula is C24H17Cl3N4O2. The minimum absolute atomic E-state index is 0.171. The summed E-state index contributed by atoms with van der Waals surface area (Å²) in [5.74, 6) is -0.464. The Hall–Kier alpha value is -3.32. The lowest BCUT2D eigenvalue weighted by atomic mass is 10.1. The number of anilines is 3. The third-order valence-electron chi connectivity index (χ3n) is 4.85. The number of para-hydroxylation sites is 1. The summed E-state index contributed by atoms with van der Waals surface area (Å²) < 4.78 is 0. The molecule has 33 heavy (non-hydrogen) atoms. The normalized spacial score (nSPS) is 10.7. The molecule has 0 saturated carbocycles. The Morgan fingerprint density at radius 1 is 0.848 bits per heavy atom. The Bertz CT molecular complexity index is 1370. The number of fused-ring (bicyclic) bond motifs is 1. The Labute approximate surface area is 204 Å². The van der Waals surface area contributed by atoms with Crippen LogP contribution in [0, 0.1) is 6.92 Å². The van der Waals surface area contributed by atoms with Crippen molar-refractivity contribution in [2.75, 3.05) is 16.0 Å². The maximum atomic E-state index is 12.9. The maximum absolute atomic E-state index is 12.9. The number of hydrogen-bond donors (Lipinski definition) is 3. The summed E-state index contributed by atoms with van der Waals surface area (Å²) in [5, 5.41) is 10.1. The SMILES string of the molecule is Cc1cnc2c(NC(=O)c3c(Cl)cccc3Cl)cccc2c1NC(=O)Nc1cccc(Cl)c1. The van der Waals surface area contributed by atoms with Crippen molar-refractivity contribution < 1.29 is 9.59 Å². The third kappa shape index (κ3) is 5.03. The number of carbonyl (C=O) groups is 2. The summed E-state index contributed by atoms with van der Waals surface area (Å²) >= 11 is 18.3. The summed E-state index contributed by atoms with van der Waals surface area (Å²) in [4.78, 5) is 30.0. The van der Waals surface area contributed by atoms with Crippen molar-refractivity contribution in [1.82, 2.24) is 4.98 Å². The quantitative estimate of drug-likeness (QED) is 0.273. The van der Waals surface area contributed by atoms with Crippen molar-refractivity contribution in [3.8, 4) is 0 Å². The van der Waals surface area contributed by atoms with Crippen LogP contribution < -0.4 is 16.0 Å². The van der Waals surface area contributed by atoms with Gasteiger partial charge in [0.15, 0.2) is 0 Å². The smallest absolute Gasteiger partial charge is 0.320 e. The van der Waals surface area contributed by atoms with Gasteiger partial charge in [0.2, 0.25) is 0 Å². The van der Waals surface area contributed by atoms with Crippen LogP contribution in [-0.4, -0.2) is 16.9 Å². The van der Waals surface area contributed by atoms with E-state index in [9.17, 15) is 9.59 Å². The number of carbonyl (C=O) groups excluding carboxylic acids is 2. The highest BCUT2D eigenvalue weighted by Crippen LogP contribution is 2.32. The average molecular weight is 500 g/mol. The first-order chi connectivity index (χ1) is 15.8. The first-order valence-corrected chi connectivity index (χ1v) is 10.9. The number of halogens is 3. The number of aryl methyl sites for hydroxylation is 1. The van der Waals surface area contributed by atoms with Crippen molar-refractivity contribution in [1.29, 1.82) is 0 Å². The number of nitrogens with one attached hydrogen (secondary N) is 3. The number of benzene rings is 3. The molecule has 1 heterocycles. The molecule has 3 N–H and O–H groups in total. The molecule has 0 spiro atoms. The van der Waals surface area contributed by atoms with E-state index in [0.717, 1.165) is 5.56 Å². The molecule has 1 aromatic heterocycles. The molecule has 0 aliphatic carbocycles. The highest BCUT2D eigenvalue weighted by molar-refractivity contribution is 6.40. The number of hydrogen-bond acceptors (Lipinski definition) is 3. The average Bonchev–Trinajstić information content (AvgIpc) is 2.76. The van der Waals surface area contributed by atoms with Gasteiger partial charge in [0, 0.05) is 22.3 Å². The van der Waals surface area contributed by atoms with E-state index in [1.165, 1.54) is 0 Å². The van der Waals surface area contributed by atoms with Crippen molar-refractivity contribution in [3.05, 3.63) is 93.1 Å². The van der Waals surface area contributed by atoms with Crippen LogP contribution in [0.5, 0.6) is 0 Å². The molecular weight excluding hydrogens is 483 g/mol. The van der Waals surface area contributed by atoms with E-state index in [2.05, 4.69) is 20.9 Å². The van der Waals surface area contributed by atoms with E-state index in [-0.39, 0.29) is 15.6 Å². The molecule has 4 rings (SSSR count). The molecule has 6 nitrogen and oxygen atoms in total. The highest BCUT2D eigenvalue weighted by atomic mass is 35.5. The van der Waals surface area contributed by atoms with Crippen molar-refractivity contribution in [2.24, 2.45) is 0 Å². The number of pyridine rings is 1. The monoisotopic (exact) mass is 498 g/mol. The largest absolute Gasteiger partial charge is 0.323 e. The topological polar surface area (TPSA) is 83.1 Å². The zero-order valence-electron chi connectivity index (χ0n) is 17.2. The molecule has 3 amide bonds. The summed E-state index contributed by atoms with van der Waals surface area (Å²) in [6.45, 7) is 1.83. The van der Waals surface area contributed by atoms with Gasteiger partial charge >= 0.3 is 6.03 Å². The predicted molar refractivity (Wildman–Crippen MR) is 135 cm³/mol. The van der Waals surface area contributed by atoms with Crippen LogP contribution in [0.1, 0.15) is 15.9 Å². The lowest BCUT2D eigenvalue weighted by Crippen LogP contribution is -2.20. The molecule has 0 atom stereocenters. The van der Waals surface area contributed by atoms with Crippen molar-refractivity contribution in [2.45, 2.75) is 6.92 Å². The minimum Gasteiger partial charge on any atom is -0.320 e. The van der Waals surface area contributed by atoms with Gasteiger partial charge in [-0.05, 0) is 48.9 Å². The van der Waals surface area contributed by atoms with Crippen LogP contribution in [0.2, 0.25) is 15.1 Å². The Balaban J connectivity index is 1.64. The van der Waals surface area contributed by atoms with Gasteiger partial charge in [-0.2, -0.15) is 0 Å². The van der Waals surface area contributed by atoms with Crippen LogP contribution >= 0.6 is 34.8 Å². The van der Waals surface area contributed by atoms with Crippen LogP contribution in [-0.2, 0) is 0 Å². The fourth-order valence-electron chi connectivity index (χ4n) is 3.33. The van der Waals surface area contributed by atoms with E-state index in [1.807, 2.05) is 13.0 Å². The summed E-state index contributed by atoms with van der Waals surface area (Å²) in [5.41, 5.74) is 2.99. The Morgan fingerprint density at radius 3 is 2.27 bits per heavy atom. The molecule has 9 heteroatoms. The Kier molecular flexibility index (Phi) is 6.70.